The van der Waals surface area contributed by atoms with Crippen LogP contribution in [0, 0.1) is 0 Å². The SMILES string of the molecule is CC(C)Oc1cccc(NCCOc2ccc(C(C)(C)C)cc2C(C)(C)C)c1. The maximum atomic E-state index is 6.15. The molecule has 0 bridgehead atoms. The summed E-state index contributed by atoms with van der Waals surface area (Å²) < 4.78 is 11.9. The zero-order valence-corrected chi connectivity index (χ0v) is 18.8. The van der Waals surface area contributed by atoms with Crippen molar-refractivity contribution >= 4 is 5.69 Å². The summed E-state index contributed by atoms with van der Waals surface area (Å²) in [7, 11) is 0. The summed E-state index contributed by atoms with van der Waals surface area (Å²) in [5.41, 5.74) is 3.80. The Morgan fingerprint density at radius 2 is 1.61 bits per heavy atom. The quantitative estimate of drug-likeness (QED) is 0.549. The van der Waals surface area contributed by atoms with Crippen LogP contribution in [0.15, 0.2) is 42.5 Å². The van der Waals surface area contributed by atoms with Crippen LogP contribution in [-0.4, -0.2) is 19.3 Å². The number of benzene rings is 2. The van der Waals surface area contributed by atoms with Crippen molar-refractivity contribution in [3.05, 3.63) is 53.6 Å². The second-order valence-corrected chi connectivity index (χ2v) is 9.68. The highest BCUT2D eigenvalue weighted by Gasteiger charge is 2.23. The van der Waals surface area contributed by atoms with Crippen LogP contribution in [0.5, 0.6) is 11.5 Å². The van der Waals surface area contributed by atoms with Crippen molar-refractivity contribution in [2.75, 3.05) is 18.5 Å². The van der Waals surface area contributed by atoms with Crippen LogP contribution in [0.25, 0.3) is 0 Å². The van der Waals surface area contributed by atoms with Gasteiger partial charge in [0, 0.05) is 18.3 Å². The monoisotopic (exact) mass is 383 g/mol. The molecule has 0 aromatic heterocycles. The molecule has 3 heteroatoms. The normalized spacial score (nSPS) is 12.2. The summed E-state index contributed by atoms with van der Waals surface area (Å²) in [5, 5.41) is 3.42. The minimum absolute atomic E-state index is 0.0343. The largest absolute Gasteiger partial charge is 0.491 e. The fourth-order valence-corrected chi connectivity index (χ4v) is 3.02. The fraction of sp³-hybridized carbons (Fsp3) is 0.520. The Labute approximate surface area is 171 Å². The molecule has 28 heavy (non-hydrogen) atoms. The molecule has 0 fully saturated rings. The molecule has 0 spiro atoms. The smallest absolute Gasteiger partial charge is 0.123 e. The number of ether oxygens (including phenoxy) is 2. The van der Waals surface area contributed by atoms with Gasteiger partial charge in [-0.3, -0.25) is 0 Å². The summed E-state index contributed by atoms with van der Waals surface area (Å²) in [5.74, 6) is 1.85. The summed E-state index contributed by atoms with van der Waals surface area (Å²) in [6.07, 6.45) is 0.172. The molecule has 0 heterocycles. The average molecular weight is 384 g/mol. The summed E-state index contributed by atoms with van der Waals surface area (Å²) >= 11 is 0. The van der Waals surface area contributed by atoms with Crippen LogP contribution in [0.1, 0.15) is 66.5 Å². The highest BCUT2D eigenvalue weighted by molar-refractivity contribution is 5.48. The van der Waals surface area contributed by atoms with Crippen molar-refractivity contribution in [2.24, 2.45) is 0 Å². The van der Waals surface area contributed by atoms with E-state index in [1.807, 2.05) is 38.1 Å². The van der Waals surface area contributed by atoms with Gasteiger partial charge in [0.2, 0.25) is 0 Å². The minimum Gasteiger partial charge on any atom is -0.491 e. The predicted molar refractivity (Wildman–Crippen MR) is 120 cm³/mol. The zero-order valence-electron chi connectivity index (χ0n) is 18.8. The Morgan fingerprint density at radius 1 is 0.893 bits per heavy atom. The molecule has 2 aromatic rings. The second-order valence-electron chi connectivity index (χ2n) is 9.68. The highest BCUT2D eigenvalue weighted by Crippen LogP contribution is 2.35. The number of rotatable bonds is 7. The molecule has 1 N–H and O–H groups in total. The molecular formula is C25H37NO2. The van der Waals surface area contributed by atoms with Gasteiger partial charge in [0.25, 0.3) is 0 Å². The second kappa shape index (κ2) is 8.89. The molecule has 0 radical (unpaired) electrons. The van der Waals surface area contributed by atoms with Crippen molar-refractivity contribution in [1.82, 2.24) is 0 Å². The van der Waals surface area contributed by atoms with E-state index in [1.54, 1.807) is 0 Å². The number of hydrogen-bond acceptors (Lipinski definition) is 3. The van der Waals surface area contributed by atoms with Gasteiger partial charge >= 0.3 is 0 Å². The molecule has 0 atom stereocenters. The van der Waals surface area contributed by atoms with E-state index in [4.69, 9.17) is 9.47 Å². The van der Waals surface area contributed by atoms with E-state index < -0.39 is 0 Å². The molecule has 0 amide bonds. The number of hydrogen-bond donors (Lipinski definition) is 1. The molecule has 0 aliphatic rings. The first-order valence-electron chi connectivity index (χ1n) is 10.3. The van der Waals surface area contributed by atoms with Gasteiger partial charge in [-0.2, -0.15) is 0 Å². The Balaban J connectivity index is 2.01. The first-order valence-corrected chi connectivity index (χ1v) is 10.3. The lowest BCUT2D eigenvalue weighted by molar-refractivity contribution is 0.242. The van der Waals surface area contributed by atoms with Gasteiger partial charge in [-0.15, -0.1) is 0 Å². The first kappa shape index (κ1) is 22.1. The van der Waals surface area contributed by atoms with Crippen LogP contribution in [0.3, 0.4) is 0 Å². The number of nitrogens with one attached hydrogen (secondary N) is 1. The lowest BCUT2D eigenvalue weighted by Gasteiger charge is -2.27. The third kappa shape index (κ3) is 6.47. The van der Waals surface area contributed by atoms with Gasteiger partial charge in [-0.1, -0.05) is 59.7 Å². The van der Waals surface area contributed by atoms with E-state index in [0.29, 0.717) is 6.61 Å². The van der Waals surface area contributed by atoms with Gasteiger partial charge in [-0.25, -0.2) is 0 Å². The topological polar surface area (TPSA) is 30.5 Å². The van der Waals surface area contributed by atoms with E-state index in [2.05, 4.69) is 65.1 Å². The van der Waals surface area contributed by atoms with Gasteiger partial charge in [0.05, 0.1) is 6.10 Å². The van der Waals surface area contributed by atoms with Gasteiger partial charge in [0.15, 0.2) is 0 Å². The summed E-state index contributed by atoms with van der Waals surface area (Å²) in [6.45, 7) is 18.9. The van der Waals surface area contributed by atoms with E-state index >= 15 is 0 Å². The van der Waals surface area contributed by atoms with E-state index in [-0.39, 0.29) is 16.9 Å². The third-order valence-corrected chi connectivity index (χ3v) is 4.55. The Bertz CT molecular complexity index is 767. The first-order chi connectivity index (χ1) is 13.0. The molecule has 0 aliphatic carbocycles. The Kier molecular flexibility index (Phi) is 7.03. The van der Waals surface area contributed by atoms with Gasteiger partial charge in [-0.05, 0) is 54.0 Å². The van der Waals surface area contributed by atoms with E-state index in [0.717, 1.165) is 23.7 Å². The molecule has 0 unspecified atom stereocenters. The lowest BCUT2D eigenvalue weighted by atomic mass is 9.80. The molecule has 2 rings (SSSR count). The lowest BCUT2D eigenvalue weighted by Crippen LogP contribution is -2.19. The highest BCUT2D eigenvalue weighted by atomic mass is 16.5. The van der Waals surface area contributed by atoms with Crippen molar-refractivity contribution < 1.29 is 9.47 Å². The molecule has 2 aromatic carbocycles. The van der Waals surface area contributed by atoms with Crippen LogP contribution in [0.2, 0.25) is 0 Å². The maximum absolute atomic E-state index is 6.15. The third-order valence-electron chi connectivity index (χ3n) is 4.55. The van der Waals surface area contributed by atoms with Crippen molar-refractivity contribution in [1.29, 1.82) is 0 Å². The fourth-order valence-electron chi connectivity index (χ4n) is 3.02. The molecule has 3 nitrogen and oxygen atoms in total. The van der Waals surface area contributed by atoms with Crippen molar-refractivity contribution in [2.45, 2.75) is 72.3 Å². The Hall–Kier alpha value is -2.16. The van der Waals surface area contributed by atoms with Gasteiger partial charge < -0.3 is 14.8 Å². The van der Waals surface area contributed by atoms with Gasteiger partial charge in [0.1, 0.15) is 18.1 Å². The van der Waals surface area contributed by atoms with E-state index in [1.165, 1.54) is 11.1 Å². The van der Waals surface area contributed by atoms with Crippen LogP contribution in [0.4, 0.5) is 5.69 Å². The minimum atomic E-state index is 0.0343. The van der Waals surface area contributed by atoms with E-state index in [9.17, 15) is 0 Å². The molecule has 0 saturated carbocycles. The predicted octanol–water partition coefficient (Wildman–Crippen LogP) is 6.56. The maximum Gasteiger partial charge on any atom is 0.123 e. The van der Waals surface area contributed by atoms with Crippen LogP contribution >= 0.6 is 0 Å². The molecule has 0 aliphatic heterocycles. The number of anilines is 1. The average Bonchev–Trinajstić information content (AvgIpc) is 2.57. The summed E-state index contributed by atoms with van der Waals surface area (Å²) in [4.78, 5) is 0. The molecule has 0 saturated heterocycles. The molecule has 154 valence electrons. The van der Waals surface area contributed by atoms with Crippen molar-refractivity contribution in [3.63, 3.8) is 0 Å². The molecular weight excluding hydrogens is 346 g/mol. The van der Waals surface area contributed by atoms with Crippen LogP contribution in [-0.2, 0) is 10.8 Å². The zero-order chi connectivity index (χ0) is 20.9. The summed E-state index contributed by atoms with van der Waals surface area (Å²) in [6, 6.07) is 14.7. The van der Waals surface area contributed by atoms with Crippen LogP contribution < -0.4 is 14.8 Å². The van der Waals surface area contributed by atoms with Crippen molar-refractivity contribution in [3.8, 4) is 11.5 Å². The Morgan fingerprint density at radius 3 is 2.21 bits per heavy atom. The standard InChI is InChI=1S/C25H37NO2/c1-18(2)28-21-11-9-10-20(17-21)26-14-15-27-23-13-12-19(24(3,4)5)16-22(23)25(6,7)8/h9-13,16-18,26H,14-15H2,1-8H3.